The molecule has 0 spiro atoms. The summed E-state index contributed by atoms with van der Waals surface area (Å²) in [6, 6.07) is 13.1. The SMILES string of the molecule is CN1C(=O)C2CN(CCCC(c3ccc(F)cc3)c3ccc(F)cc3)CCN2C1(C)C.Cl. The minimum atomic E-state index is -0.256. The molecule has 0 saturated carbocycles. The first-order chi connectivity index (χ1) is 14.8. The predicted octanol–water partition coefficient (Wildman–Crippen LogP) is 4.49. The first-order valence-corrected chi connectivity index (χ1v) is 11.0. The number of piperazine rings is 1. The third-order valence-corrected chi connectivity index (χ3v) is 7.12. The van der Waals surface area contributed by atoms with Gasteiger partial charge in [-0.05, 0) is 68.6 Å². The van der Waals surface area contributed by atoms with Crippen molar-refractivity contribution >= 4 is 18.3 Å². The fourth-order valence-electron chi connectivity index (χ4n) is 5.03. The van der Waals surface area contributed by atoms with Crippen LogP contribution in [-0.2, 0) is 4.79 Å². The zero-order chi connectivity index (χ0) is 22.2. The number of carbonyl (C=O) groups is 1. The maximum atomic E-state index is 13.4. The van der Waals surface area contributed by atoms with E-state index in [0.29, 0.717) is 0 Å². The van der Waals surface area contributed by atoms with Crippen molar-refractivity contribution in [1.82, 2.24) is 14.7 Å². The second kappa shape index (κ2) is 9.86. The largest absolute Gasteiger partial charge is 0.326 e. The Bertz CT molecular complexity index is 874. The Balaban J connectivity index is 0.00000289. The average Bonchev–Trinajstić information content (AvgIpc) is 2.93. The van der Waals surface area contributed by atoms with E-state index in [-0.39, 0.29) is 47.6 Å². The first-order valence-electron chi connectivity index (χ1n) is 11.0. The molecule has 0 aromatic heterocycles. The van der Waals surface area contributed by atoms with Gasteiger partial charge in [0.25, 0.3) is 0 Å². The van der Waals surface area contributed by atoms with Crippen LogP contribution in [0.2, 0.25) is 0 Å². The molecule has 174 valence electrons. The summed E-state index contributed by atoms with van der Waals surface area (Å²) in [5.74, 6) is -0.229. The molecule has 2 heterocycles. The molecular weight excluding hydrogens is 432 g/mol. The van der Waals surface area contributed by atoms with Gasteiger partial charge in [0.15, 0.2) is 0 Å². The number of amides is 1. The Kier molecular flexibility index (Phi) is 7.58. The van der Waals surface area contributed by atoms with Crippen LogP contribution in [0.1, 0.15) is 43.7 Å². The van der Waals surface area contributed by atoms with Gasteiger partial charge in [0.1, 0.15) is 17.7 Å². The first kappa shape index (κ1) is 24.6. The molecule has 0 radical (unpaired) electrons. The number of benzene rings is 2. The zero-order valence-corrected chi connectivity index (χ0v) is 19.7. The Labute approximate surface area is 195 Å². The van der Waals surface area contributed by atoms with Crippen LogP contribution in [0.4, 0.5) is 8.78 Å². The second-order valence-electron chi connectivity index (χ2n) is 9.20. The van der Waals surface area contributed by atoms with Crippen LogP contribution < -0.4 is 0 Å². The number of rotatable bonds is 6. The molecule has 0 bridgehead atoms. The van der Waals surface area contributed by atoms with Crippen LogP contribution in [-0.4, -0.2) is 65.5 Å². The van der Waals surface area contributed by atoms with Gasteiger partial charge >= 0.3 is 0 Å². The minimum Gasteiger partial charge on any atom is -0.326 e. The maximum absolute atomic E-state index is 13.4. The summed E-state index contributed by atoms with van der Waals surface area (Å²) in [5.41, 5.74) is 1.84. The summed E-state index contributed by atoms with van der Waals surface area (Å²) in [6.45, 7) is 7.70. The minimum absolute atomic E-state index is 0. The molecule has 1 amide bonds. The number of hydrogen-bond acceptors (Lipinski definition) is 3. The summed E-state index contributed by atoms with van der Waals surface area (Å²) >= 11 is 0. The van der Waals surface area contributed by atoms with E-state index >= 15 is 0 Å². The third-order valence-electron chi connectivity index (χ3n) is 7.12. The van der Waals surface area contributed by atoms with E-state index in [9.17, 15) is 13.6 Å². The fourth-order valence-corrected chi connectivity index (χ4v) is 5.03. The smallest absolute Gasteiger partial charge is 0.242 e. The molecule has 2 saturated heterocycles. The van der Waals surface area contributed by atoms with Crippen LogP contribution >= 0.6 is 12.4 Å². The molecule has 4 nitrogen and oxygen atoms in total. The van der Waals surface area contributed by atoms with Gasteiger partial charge in [-0.3, -0.25) is 14.6 Å². The van der Waals surface area contributed by atoms with E-state index in [1.54, 1.807) is 0 Å². The molecule has 0 N–H and O–H groups in total. The van der Waals surface area contributed by atoms with Crippen LogP contribution in [0.25, 0.3) is 0 Å². The normalized spacial score (nSPS) is 21.0. The van der Waals surface area contributed by atoms with Crippen molar-refractivity contribution in [2.45, 2.75) is 44.3 Å². The van der Waals surface area contributed by atoms with Crippen molar-refractivity contribution in [3.8, 4) is 0 Å². The molecule has 4 rings (SSSR count). The highest BCUT2D eigenvalue weighted by atomic mass is 35.5. The topological polar surface area (TPSA) is 26.8 Å². The maximum Gasteiger partial charge on any atom is 0.242 e. The highest BCUT2D eigenvalue weighted by molar-refractivity contribution is 5.85. The summed E-state index contributed by atoms with van der Waals surface area (Å²) in [4.78, 5) is 19.3. The molecule has 2 aromatic carbocycles. The summed E-state index contributed by atoms with van der Waals surface area (Å²) < 4.78 is 26.9. The lowest BCUT2D eigenvalue weighted by atomic mass is 9.87. The highest BCUT2D eigenvalue weighted by Crippen LogP contribution is 2.33. The van der Waals surface area contributed by atoms with Crippen molar-refractivity contribution < 1.29 is 13.6 Å². The molecule has 7 heteroatoms. The summed E-state index contributed by atoms with van der Waals surface area (Å²) in [7, 11) is 1.89. The fraction of sp³-hybridized carbons (Fsp3) is 0.480. The van der Waals surface area contributed by atoms with E-state index in [1.807, 2.05) is 36.2 Å². The van der Waals surface area contributed by atoms with E-state index in [2.05, 4.69) is 23.6 Å². The predicted molar refractivity (Wildman–Crippen MR) is 125 cm³/mol. The monoisotopic (exact) mass is 463 g/mol. The Morgan fingerprint density at radius 3 is 2.03 bits per heavy atom. The van der Waals surface area contributed by atoms with Crippen LogP contribution in [0, 0.1) is 11.6 Å². The Morgan fingerprint density at radius 2 is 1.50 bits per heavy atom. The van der Waals surface area contributed by atoms with E-state index in [0.717, 1.165) is 50.1 Å². The lowest BCUT2D eigenvalue weighted by molar-refractivity contribution is -0.130. The molecule has 32 heavy (non-hydrogen) atoms. The van der Waals surface area contributed by atoms with Gasteiger partial charge in [-0.15, -0.1) is 12.4 Å². The van der Waals surface area contributed by atoms with Crippen molar-refractivity contribution in [1.29, 1.82) is 0 Å². The molecule has 1 atom stereocenters. The molecule has 2 aliphatic heterocycles. The van der Waals surface area contributed by atoms with E-state index in [4.69, 9.17) is 0 Å². The number of nitrogens with zero attached hydrogens (tertiary/aromatic N) is 3. The van der Waals surface area contributed by atoms with Crippen molar-refractivity contribution in [3.05, 3.63) is 71.3 Å². The molecule has 1 unspecified atom stereocenters. The number of hydrogen-bond donors (Lipinski definition) is 0. The van der Waals surface area contributed by atoms with Gasteiger partial charge in [0, 0.05) is 32.6 Å². The van der Waals surface area contributed by atoms with Gasteiger partial charge in [-0.25, -0.2) is 8.78 Å². The lowest BCUT2D eigenvalue weighted by Crippen LogP contribution is -2.57. The van der Waals surface area contributed by atoms with Gasteiger partial charge in [0.2, 0.25) is 5.91 Å². The average molecular weight is 464 g/mol. The van der Waals surface area contributed by atoms with Crippen molar-refractivity contribution in [2.75, 3.05) is 33.2 Å². The van der Waals surface area contributed by atoms with Crippen LogP contribution in [0.15, 0.2) is 48.5 Å². The lowest BCUT2D eigenvalue weighted by Gasteiger charge is -2.42. The Hall–Kier alpha value is -2.02. The summed E-state index contributed by atoms with van der Waals surface area (Å²) in [5, 5.41) is 0. The molecule has 2 aliphatic rings. The molecule has 2 fully saturated rings. The van der Waals surface area contributed by atoms with Crippen molar-refractivity contribution in [2.24, 2.45) is 0 Å². The van der Waals surface area contributed by atoms with Gasteiger partial charge in [-0.2, -0.15) is 0 Å². The summed E-state index contributed by atoms with van der Waals surface area (Å²) in [6.07, 6.45) is 1.82. The Morgan fingerprint density at radius 1 is 0.969 bits per heavy atom. The van der Waals surface area contributed by atoms with Gasteiger partial charge in [-0.1, -0.05) is 24.3 Å². The molecule has 2 aromatic rings. The number of halogens is 3. The van der Waals surface area contributed by atoms with E-state index in [1.165, 1.54) is 24.3 Å². The number of fused-ring (bicyclic) bond motifs is 1. The van der Waals surface area contributed by atoms with E-state index < -0.39 is 0 Å². The standard InChI is InChI=1S/C25H31F2N3O.ClH/c1-25(2)28(3)24(31)23-17-29(15-16-30(23)25)14-4-5-22(18-6-10-20(26)11-7-18)19-8-12-21(27)13-9-19;/h6-13,22-23H,4-5,14-17H2,1-3H3;1H. The highest BCUT2D eigenvalue weighted by Gasteiger charge is 2.51. The third kappa shape index (κ3) is 4.82. The zero-order valence-electron chi connectivity index (χ0n) is 18.9. The van der Waals surface area contributed by atoms with Crippen LogP contribution in [0.3, 0.4) is 0 Å². The molecule has 0 aliphatic carbocycles. The quantitative estimate of drug-likeness (QED) is 0.631. The van der Waals surface area contributed by atoms with Gasteiger partial charge < -0.3 is 4.90 Å². The number of carbonyl (C=O) groups excluding carboxylic acids is 1. The van der Waals surface area contributed by atoms with Gasteiger partial charge in [0.05, 0.1) is 5.66 Å². The van der Waals surface area contributed by atoms with Crippen molar-refractivity contribution in [3.63, 3.8) is 0 Å². The molecular formula is C25H32ClF2N3O. The number of likely N-dealkylation sites (N-methyl/N-ethyl adjacent to an activating group) is 1. The second-order valence-corrected chi connectivity index (χ2v) is 9.20. The van der Waals surface area contributed by atoms with Crippen LogP contribution in [0.5, 0.6) is 0 Å².